The van der Waals surface area contributed by atoms with Crippen molar-refractivity contribution in [2.45, 2.75) is 47.2 Å². The van der Waals surface area contributed by atoms with Gasteiger partial charge in [-0.1, -0.05) is 27.7 Å². The molecule has 0 saturated carbocycles. The molecule has 0 aliphatic rings. The Kier molecular flexibility index (Phi) is 7.56. The lowest BCUT2D eigenvalue weighted by atomic mass is 10.2. The fraction of sp³-hybridized carbons (Fsp3) is 0.733. The molecule has 0 aromatic carbocycles. The van der Waals surface area contributed by atoms with E-state index < -0.39 is 0 Å². The molecule has 1 N–H and O–H groups in total. The molecule has 1 aromatic heterocycles. The highest BCUT2D eigenvalue weighted by molar-refractivity contribution is 7.11. The van der Waals surface area contributed by atoms with Crippen LogP contribution in [0.25, 0.3) is 0 Å². The van der Waals surface area contributed by atoms with Crippen molar-refractivity contribution in [2.75, 3.05) is 19.6 Å². The van der Waals surface area contributed by atoms with Gasteiger partial charge < -0.3 is 5.32 Å². The maximum atomic E-state index is 3.50. The maximum absolute atomic E-state index is 3.50. The highest BCUT2D eigenvalue weighted by Gasteiger charge is 2.05. The fourth-order valence-electron chi connectivity index (χ4n) is 1.97. The van der Waals surface area contributed by atoms with E-state index in [-0.39, 0.29) is 0 Å². The minimum atomic E-state index is 0.726. The molecule has 1 rings (SSSR count). The monoisotopic (exact) mass is 268 g/mol. The van der Waals surface area contributed by atoms with Gasteiger partial charge in [-0.15, -0.1) is 11.3 Å². The van der Waals surface area contributed by atoms with Gasteiger partial charge in [0, 0.05) is 22.8 Å². The molecular formula is C15H28N2S. The SMILES string of the molecule is CCCN(CC)Cc1ccc(CNCC(C)C)s1. The third kappa shape index (κ3) is 5.98. The molecule has 2 nitrogen and oxygen atoms in total. The highest BCUT2D eigenvalue weighted by atomic mass is 32.1. The van der Waals surface area contributed by atoms with E-state index in [9.17, 15) is 0 Å². The van der Waals surface area contributed by atoms with Crippen LogP contribution in [0.5, 0.6) is 0 Å². The molecule has 0 bridgehead atoms. The molecule has 0 atom stereocenters. The molecule has 104 valence electrons. The van der Waals surface area contributed by atoms with Crippen LogP contribution in [0, 0.1) is 5.92 Å². The Morgan fingerprint density at radius 2 is 1.94 bits per heavy atom. The smallest absolute Gasteiger partial charge is 0.0327 e. The predicted octanol–water partition coefficient (Wildman–Crippen LogP) is 3.73. The van der Waals surface area contributed by atoms with Crippen molar-refractivity contribution in [2.24, 2.45) is 5.92 Å². The van der Waals surface area contributed by atoms with Crippen LogP contribution in [0.3, 0.4) is 0 Å². The van der Waals surface area contributed by atoms with Gasteiger partial charge in [-0.3, -0.25) is 4.90 Å². The van der Waals surface area contributed by atoms with Gasteiger partial charge in [0.05, 0.1) is 0 Å². The van der Waals surface area contributed by atoms with E-state index in [0.717, 1.165) is 32.1 Å². The van der Waals surface area contributed by atoms with Crippen molar-refractivity contribution in [1.29, 1.82) is 0 Å². The lowest BCUT2D eigenvalue weighted by Crippen LogP contribution is -2.22. The van der Waals surface area contributed by atoms with E-state index in [1.165, 1.54) is 22.7 Å². The molecule has 0 radical (unpaired) electrons. The van der Waals surface area contributed by atoms with Gasteiger partial charge in [-0.25, -0.2) is 0 Å². The van der Waals surface area contributed by atoms with Gasteiger partial charge in [0.15, 0.2) is 0 Å². The van der Waals surface area contributed by atoms with Crippen LogP contribution in [0.2, 0.25) is 0 Å². The Morgan fingerprint density at radius 3 is 2.56 bits per heavy atom. The first-order valence-corrected chi connectivity index (χ1v) is 7.98. The molecule has 0 aliphatic carbocycles. The summed E-state index contributed by atoms with van der Waals surface area (Å²) >= 11 is 1.95. The van der Waals surface area contributed by atoms with Crippen LogP contribution in [-0.2, 0) is 13.1 Å². The van der Waals surface area contributed by atoms with Crippen molar-refractivity contribution < 1.29 is 0 Å². The Hall–Kier alpha value is -0.380. The van der Waals surface area contributed by atoms with Crippen LogP contribution in [0.4, 0.5) is 0 Å². The summed E-state index contributed by atoms with van der Waals surface area (Å²) in [4.78, 5) is 5.46. The van der Waals surface area contributed by atoms with E-state index in [2.05, 4.69) is 50.0 Å². The predicted molar refractivity (Wildman–Crippen MR) is 82.1 cm³/mol. The van der Waals surface area contributed by atoms with Gasteiger partial charge in [-0.05, 0) is 44.1 Å². The topological polar surface area (TPSA) is 15.3 Å². The summed E-state index contributed by atoms with van der Waals surface area (Å²) < 4.78 is 0. The largest absolute Gasteiger partial charge is 0.312 e. The number of hydrogen-bond donors (Lipinski definition) is 1. The average molecular weight is 268 g/mol. The average Bonchev–Trinajstić information content (AvgIpc) is 2.76. The minimum Gasteiger partial charge on any atom is -0.312 e. The Labute approximate surface area is 116 Å². The van der Waals surface area contributed by atoms with Gasteiger partial charge >= 0.3 is 0 Å². The van der Waals surface area contributed by atoms with Crippen LogP contribution in [0.1, 0.15) is 43.9 Å². The van der Waals surface area contributed by atoms with Crippen molar-refractivity contribution in [3.63, 3.8) is 0 Å². The standard InChI is InChI=1S/C15H28N2S/c1-5-9-17(6-2)12-15-8-7-14(18-15)11-16-10-13(3)4/h7-8,13,16H,5-6,9-12H2,1-4H3. The number of rotatable bonds is 9. The van der Waals surface area contributed by atoms with Crippen molar-refractivity contribution in [1.82, 2.24) is 10.2 Å². The first-order valence-electron chi connectivity index (χ1n) is 7.16. The summed E-state index contributed by atoms with van der Waals surface area (Å²) in [7, 11) is 0. The summed E-state index contributed by atoms with van der Waals surface area (Å²) in [5.41, 5.74) is 0. The van der Waals surface area contributed by atoms with Gasteiger partial charge in [0.1, 0.15) is 0 Å². The van der Waals surface area contributed by atoms with E-state index in [0.29, 0.717) is 0 Å². The van der Waals surface area contributed by atoms with Gasteiger partial charge in [0.25, 0.3) is 0 Å². The molecule has 3 heteroatoms. The molecule has 0 spiro atoms. The Balaban J connectivity index is 2.37. The second-order valence-electron chi connectivity index (χ2n) is 5.26. The molecule has 1 aromatic rings. The summed E-state index contributed by atoms with van der Waals surface area (Å²) in [6.07, 6.45) is 1.24. The summed E-state index contributed by atoms with van der Waals surface area (Å²) in [5, 5.41) is 3.50. The zero-order chi connectivity index (χ0) is 13.4. The van der Waals surface area contributed by atoms with E-state index >= 15 is 0 Å². The van der Waals surface area contributed by atoms with Crippen LogP contribution >= 0.6 is 11.3 Å². The summed E-state index contributed by atoms with van der Waals surface area (Å²) in [6.45, 7) is 14.6. The number of hydrogen-bond acceptors (Lipinski definition) is 3. The molecular weight excluding hydrogens is 240 g/mol. The lowest BCUT2D eigenvalue weighted by Gasteiger charge is -2.18. The zero-order valence-corrected chi connectivity index (χ0v) is 13.1. The van der Waals surface area contributed by atoms with Crippen molar-refractivity contribution >= 4 is 11.3 Å². The highest BCUT2D eigenvalue weighted by Crippen LogP contribution is 2.18. The van der Waals surface area contributed by atoms with Gasteiger partial charge in [-0.2, -0.15) is 0 Å². The van der Waals surface area contributed by atoms with E-state index in [1.807, 2.05) is 11.3 Å². The minimum absolute atomic E-state index is 0.726. The Morgan fingerprint density at radius 1 is 1.22 bits per heavy atom. The van der Waals surface area contributed by atoms with Crippen LogP contribution in [-0.4, -0.2) is 24.5 Å². The molecule has 0 amide bonds. The second kappa shape index (κ2) is 8.68. The van der Waals surface area contributed by atoms with Crippen LogP contribution in [0.15, 0.2) is 12.1 Å². The first kappa shape index (κ1) is 15.7. The zero-order valence-electron chi connectivity index (χ0n) is 12.3. The quantitative estimate of drug-likeness (QED) is 0.734. The summed E-state index contributed by atoms with van der Waals surface area (Å²) in [5.74, 6) is 0.726. The lowest BCUT2D eigenvalue weighted by molar-refractivity contribution is 0.283. The normalized spacial score (nSPS) is 11.7. The molecule has 18 heavy (non-hydrogen) atoms. The number of thiophene rings is 1. The van der Waals surface area contributed by atoms with E-state index in [4.69, 9.17) is 0 Å². The van der Waals surface area contributed by atoms with Crippen LogP contribution < -0.4 is 5.32 Å². The number of nitrogens with one attached hydrogen (secondary N) is 1. The summed E-state index contributed by atoms with van der Waals surface area (Å²) in [6, 6.07) is 4.56. The third-order valence-corrected chi connectivity index (χ3v) is 4.01. The molecule has 0 saturated heterocycles. The Bertz CT molecular complexity index is 320. The van der Waals surface area contributed by atoms with E-state index in [1.54, 1.807) is 0 Å². The molecule has 0 unspecified atom stereocenters. The second-order valence-corrected chi connectivity index (χ2v) is 6.51. The number of nitrogens with zero attached hydrogens (tertiary/aromatic N) is 1. The third-order valence-electron chi connectivity index (χ3n) is 2.94. The molecule has 0 aliphatic heterocycles. The van der Waals surface area contributed by atoms with Crippen molar-refractivity contribution in [3.8, 4) is 0 Å². The van der Waals surface area contributed by atoms with Gasteiger partial charge in [0.2, 0.25) is 0 Å². The molecule has 0 fully saturated rings. The maximum Gasteiger partial charge on any atom is 0.0327 e. The van der Waals surface area contributed by atoms with Crippen molar-refractivity contribution in [3.05, 3.63) is 21.9 Å². The fourth-order valence-corrected chi connectivity index (χ4v) is 3.00. The molecule has 1 heterocycles. The first-order chi connectivity index (χ1) is 8.65.